The fourth-order valence-electron chi connectivity index (χ4n) is 2.58. The molecule has 2 aromatic carbocycles. The lowest BCUT2D eigenvalue weighted by Crippen LogP contribution is -2.07. The van der Waals surface area contributed by atoms with Crippen LogP contribution in [0.25, 0.3) is 0 Å². The lowest BCUT2D eigenvalue weighted by molar-refractivity contribution is 0.868. The van der Waals surface area contributed by atoms with Crippen molar-refractivity contribution in [3.8, 4) is 0 Å². The fourth-order valence-corrected chi connectivity index (χ4v) is 2.58. The molecule has 5 heteroatoms. The summed E-state index contributed by atoms with van der Waals surface area (Å²) in [5.74, 6) is 1.61. The molecule has 0 saturated carbocycles. The van der Waals surface area contributed by atoms with Crippen molar-refractivity contribution in [2.75, 3.05) is 10.6 Å². The van der Waals surface area contributed by atoms with E-state index in [9.17, 15) is 0 Å². The van der Waals surface area contributed by atoms with Gasteiger partial charge in [0.25, 0.3) is 0 Å². The second-order valence-corrected chi connectivity index (χ2v) is 6.37. The molecule has 0 aliphatic heterocycles. The maximum absolute atomic E-state index is 4.51. The van der Waals surface area contributed by atoms with Gasteiger partial charge in [0.2, 0.25) is 5.95 Å². The van der Waals surface area contributed by atoms with E-state index in [2.05, 4.69) is 83.0 Å². The van der Waals surface area contributed by atoms with E-state index in [0.29, 0.717) is 24.2 Å². The molecule has 0 unspecified atom stereocenters. The Morgan fingerprint density at radius 1 is 1.00 bits per heavy atom. The smallest absolute Gasteiger partial charge is 0.244 e. The lowest BCUT2D eigenvalue weighted by atomic mass is 10.0. The monoisotopic (exact) mass is 333 g/mol. The topological polar surface area (TPSA) is 62.7 Å². The molecule has 0 fully saturated rings. The molecule has 3 rings (SSSR count). The minimum atomic E-state index is 0.428. The standard InChI is InChI=1S/C20H23N5/c1-14(2)17-6-4-5-7-18(17)23-19-13-22-25-20(24-19)21-12-16-10-8-15(3)9-11-16/h4-11,13-14H,12H2,1-3H3,(H2,21,23,24,25). The summed E-state index contributed by atoms with van der Waals surface area (Å²) in [4.78, 5) is 4.51. The maximum atomic E-state index is 4.51. The molecule has 1 heterocycles. The van der Waals surface area contributed by atoms with Crippen molar-refractivity contribution >= 4 is 17.5 Å². The second-order valence-electron chi connectivity index (χ2n) is 6.37. The first kappa shape index (κ1) is 16.9. The number of nitrogens with one attached hydrogen (secondary N) is 2. The highest BCUT2D eigenvalue weighted by Crippen LogP contribution is 2.26. The molecule has 128 valence electrons. The van der Waals surface area contributed by atoms with Gasteiger partial charge in [-0.15, -0.1) is 5.10 Å². The van der Waals surface area contributed by atoms with Crippen LogP contribution in [0.15, 0.2) is 54.7 Å². The highest BCUT2D eigenvalue weighted by Gasteiger charge is 2.07. The number of hydrogen-bond donors (Lipinski definition) is 2. The second kappa shape index (κ2) is 7.75. The molecule has 1 aromatic heterocycles. The quantitative estimate of drug-likeness (QED) is 0.687. The van der Waals surface area contributed by atoms with Crippen LogP contribution in [0.1, 0.15) is 36.5 Å². The van der Waals surface area contributed by atoms with Gasteiger partial charge in [0.15, 0.2) is 5.82 Å². The Morgan fingerprint density at radius 2 is 1.76 bits per heavy atom. The van der Waals surface area contributed by atoms with Crippen molar-refractivity contribution in [3.05, 3.63) is 71.4 Å². The molecule has 0 aliphatic carbocycles. The van der Waals surface area contributed by atoms with Crippen molar-refractivity contribution in [3.63, 3.8) is 0 Å². The highest BCUT2D eigenvalue weighted by molar-refractivity contribution is 5.61. The van der Waals surface area contributed by atoms with Crippen LogP contribution in [0.5, 0.6) is 0 Å². The SMILES string of the molecule is Cc1ccc(CNc2nncc(Nc3ccccc3C(C)C)n2)cc1. The first-order valence-corrected chi connectivity index (χ1v) is 8.47. The minimum absolute atomic E-state index is 0.428. The molecule has 3 aromatic rings. The molecule has 0 radical (unpaired) electrons. The molecule has 2 N–H and O–H groups in total. The van der Waals surface area contributed by atoms with Crippen LogP contribution in [-0.4, -0.2) is 15.2 Å². The molecule has 0 saturated heterocycles. The summed E-state index contributed by atoms with van der Waals surface area (Å²) in [6.45, 7) is 7.09. The third-order valence-electron chi connectivity index (χ3n) is 3.98. The predicted octanol–water partition coefficient (Wildman–Crippen LogP) is 4.66. The Hall–Kier alpha value is -2.95. The molecule has 0 amide bonds. The molecule has 25 heavy (non-hydrogen) atoms. The first-order chi connectivity index (χ1) is 12.1. The van der Waals surface area contributed by atoms with Crippen molar-refractivity contribution in [1.82, 2.24) is 15.2 Å². The van der Waals surface area contributed by atoms with E-state index in [1.807, 2.05) is 12.1 Å². The van der Waals surface area contributed by atoms with Crippen LogP contribution in [0.4, 0.5) is 17.5 Å². The number of anilines is 3. The normalized spacial score (nSPS) is 10.7. The van der Waals surface area contributed by atoms with Crippen LogP contribution in [0.3, 0.4) is 0 Å². The Morgan fingerprint density at radius 3 is 2.52 bits per heavy atom. The van der Waals surface area contributed by atoms with E-state index >= 15 is 0 Å². The number of para-hydroxylation sites is 1. The van der Waals surface area contributed by atoms with Crippen LogP contribution >= 0.6 is 0 Å². The third kappa shape index (κ3) is 4.53. The summed E-state index contributed by atoms with van der Waals surface area (Å²) in [6.07, 6.45) is 1.63. The maximum Gasteiger partial charge on any atom is 0.244 e. The van der Waals surface area contributed by atoms with E-state index in [1.54, 1.807) is 6.20 Å². The summed E-state index contributed by atoms with van der Waals surface area (Å²) in [5, 5.41) is 14.7. The molecule has 5 nitrogen and oxygen atoms in total. The largest absolute Gasteiger partial charge is 0.349 e. The van der Waals surface area contributed by atoms with Crippen molar-refractivity contribution in [2.24, 2.45) is 0 Å². The molecule has 0 aliphatic rings. The predicted molar refractivity (Wildman–Crippen MR) is 102 cm³/mol. The van der Waals surface area contributed by atoms with E-state index in [-0.39, 0.29) is 0 Å². The molecule has 0 atom stereocenters. The summed E-state index contributed by atoms with van der Waals surface area (Å²) in [5.41, 5.74) is 4.71. The highest BCUT2D eigenvalue weighted by atomic mass is 15.3. The lowest BCUT2D eigenvalue weighted by Gasteiger charge is -2.14. The van der Waals surface area contributed by atoms with Crippen molar-refractivity contribution in [1.29, 1.82) is 0 Å². The van der Waals surface area contributed by atoms with Crippen molar-refractivity contribution < 1.29 is 0 Å². The Balaban J connectivity index is 1.70. The number of aryl methyl sites for hydroxylation is 1. The third-order valence-corrected chi connectivity index (χ3v) is 3.98. The van der Waals surface area contributed by atoms with Crippen LogP contribution in [0.2, 0.25) is 0 Å². The zero-order chi connectivity index (χ0) is 17.6. The van der Waals surface area contributed by atoms with Crippen LogP contribution in [-0.2, 0) is 6.54 Å². The van der Waals surface area contributed by atoms with Gasteiger partial charge in [-0.3, -0.25) is 0 Å². The van der Waals surface area contributed by atoms with E-state index < -0.39 is 0 Å². The van der Waals surface area contributed by atoms with Gasteiger partial charge in [-0.2, -0.15) is 10.1 Å². The van der Waals surface area contributed by atoms with Gasteiger partial charge in [0.1, 0.15) is 0 Å². The van der Waals surface area contributed by atoms with Gasteiger partial charge < -0.3 is 10.6 Å². The average molecular weight is 333 g/mol. The van der Waals surface area contributed by atoms with Gasteiger partial charge in [-0.05, 0) is 30.0 Å². The molecular weight excluding hydrogens is 310 g/mol. The van der Waals surface area contributed by atoms with Crippen molar-refractivity contribution in [2.45, 2.75) is 33.2 Å². The number of hydrogen-bond acceptors (Lipinski definition) is 5. The van der Waals surface area contributed by atoms with Gasteiger partial charge in [-0.1, -0.05) is 61.9 Å². The van der Waals surface area contributed by atoms with Crippen LogP contribution in [0, 0.1) is 6.92 Å². The fraction of sp³-hybridized carbons (Fsp3) is 0.250. The zero-order valence-electron chi connectivity index (χ0n) is 14.8. The van der Waals surface area contributed by atoms with Gasteiger partial charge >= 0.3 is 0 Å². The Kier molecular flexibility index (Phi) is 5.23. The number of benzene rings is 2. The average Bonchev–Trinajstić information content (AvgIpc) is 2.62. The Labute approximate surface area is 148 Å². The summed E-state index contributed by atoms with van der Waals surface area (Å²) < 4.78 is 0. The Bertz CT molecular complexity index is 827. The minimum Gasteiger partial charge on any atom is -0.349 e. The number of rotatable bonds is 6. The summed E-state index contributed by atoms with van der Waals surface area (Å²) in [6, 6.07) is 16.6. The van der Waals surface area contributed by atoms with Gasteiger partial charge in [0, 0.05) is 12.2 Å². The van der Waals surface area contributed by atoms with Gasteiger partial charge in [-0.25, -0.2) is 0 Å². The van der Waals surface area contributed by atoms with E-state index in [0.717, 1.165) is 5.69 Å². The number of nitrogens with zero attached hydrogens (tertiary/aromatic N) is 3. The molecular formula is C20H23N5. The van der Waals surface area contributed by atoms with E-state index in [1.165, 1.54) is 16.7 Å². The number of aromatic nitrogens is 3. The molecule has 0 spiro atoms. The molecule has 0 bridgehead atoms. The van der Waals surface area contributed by atoms with Crippen LogP contribution < -0.4 is 10.6 Å². The van der Waals surface area contributed by atoms with E-state index in [4.69, 9.17) is 0 Å². The summed E-state index contributed by atoms with van der Waals surface area (Å²) in [7, 11) is 0. The first-order valence-electron chi connectivity index (χ1n) is 8.47. The van der Waals surface area contributed by atoms with Gasteiger partial charge in [0.05, 0.1) is 6.20 Å². The summed E-state index contributed by atoms with van der Waals surface area (Å²) >= 11 is 0. The zero-order valence-corrected chi connectivity index (χ0v) is 14.8.